The van der Waals surface area contributed by atoms with Crippen LogP contribution in [0.4, 0.5) is 0 Å². The monoisotopic (exact) mass is 398 g/mol. The Morgan fingerprint density at radius 2 is 1.97 bits per heavy atom. The van der Waals surface area contributed by atoms with Gasteiger partial charge in [-0.1, -0.05) is 12.1 Å². The van der Waals surface area contributed by atoms with Crippen LogP contribution in [0.3, 0.4) is 0 Å². The number of rotatable bonds is 10. The Morgan fingerprint density at radius 3 is 2.66 bits per heavy atom. The number of likely N-dealkylation sites (tertiary alicyclic amines) is 1. The summed E-state index contributed by atoms with van der Waals surface area (Å²) in [4.78, 5) is 8.95. The zero-order chi connectivity index (χ0) is 20.5. The summed E-state index contributed by atoms with van der Waals surface area (Å²) in [5, 5.41) is 3.72. The summed E-state index contributed by atoms with van der Waals surface area (Å²) in [7, 11) is 5.95. The molecule has 0 spiro atoms. The number of nitrogens with one attached hydrogen (secondary N) is 1. The van der Waals surface area contributed by atoms with Crippen LogP contribution >= 0.6 is 0 Å². The van der Waals surface area contributed by atoms with Gasteiger partial charge >= 0.3 is 0 Å². The summed E-state index contributed by atoms with van der Waals surface area (Å²) in [5.74, 6) is 1.53. The van der Waals surface area contributed by atoms with Gasteiger partial charge in [-0.3, -0.25) is 4.98 Å². The Morgan fingerprint density at radius 1 is 1.14 bits per heavy atom. The predicted octanol–water partition coefficient (Wildman–Crippen LogP) is 2.78. The number of piperidine rings is 1. The van der Waals surface area contributed by atoms with Crippen molar-refractivity contribution in [3.63, 3.8) is 0 Å². The van der Waals surface area contributed by atoms with Crippen LogP contribution < -0.4 is 14.8 Å². The Kier molecular flexibility index (Phi) is 8.28. The van der Waals surface area contributed by atoms with Crippen molar-refractivity contribution in [3.05, 3.63) is 53.9 Å². The molecule has 1 saturated heterocycles. The van der Waals surface area contributed by atoms with Gasteiger partial charge in [-0.2, -0.15) is 0 Å². The lowest BCUT2D eigenvalue weighted by atomic mass is 10.0. The molecule has 1 fully saturated rings. The van der Waals surface area contributed by atoms with E-state index >= 15 is 0 Å². The van der Waals surface area contributed by atoms with Crippen molar-refractivity contribution in [2.45, 2.75) is 32.0 Å². The Labute approximate surface area is 174 Å². The normalized spacial score (nSPS) is 15.6. The van der Waals surface area contributed by atoms with E-state index in [1.165, 1.54) is 31.5 Å². The minimum Gasteiger partial charge on any atom is -0.493 e. The van der Waals surface area contributed by atoms with E-state index in [4.69, 9.17) is 9.47 Å². The highest BCUT2D eigenvalue weighted by molar-refractivity contribution is 5.43. The molecule has 1 aliphatic rings. The highest BCUT2D eigenvalue weighted by atomic mass is 16.5. The van der Waals surface area contributed by atoms with Crippen LogP contribution in [0.5, 0.6) is 11.5 Å². The molecule has 6 heteroatoms. The van der Waals surface area contributed by atoms with E-state index < -0.39 is 0 Å². The Hall–Kier alpha value is -2.15. The van der Waals surface area contributed by atoms with Crippen LogP contribution in [0.2, 0.25) is 0 Å². The highest BCUT2D eigenvalue weighted by Crippen LogP contribution is 2.29. The van der Waals surface area contributed by atoms with Gasteiger partial charge in [-0.15, -0.1) is 0 Å². The average Bonchev–Trinajstić information content (AvgIpc) is 2.76. The molecule has 0 atom stereocenters. The fourth-order valence-electron chi connectivity index (χ4n) is 3.55. The summed E-state index contributed by atoms with van der Waals surface area (Å²) < 4.78 is 11.5. The molecular formula is C23H34N4O2. The van der Waals surface area contributed by atoms with E-state index in [9.17, 15) is 0 Å². The van der Waals surface area contributed by atoms with Gasteiger partial charge in [0, 0.05) is 43.6 Å². The first-order valence-corrected chi connectivity index (χ1v) is 10.4. The van der Waals surface area contributed by atoms with Crippen molar-refractivity contribution >= 4 is 0 Å². The van der Waals surface area contributed by atoms with Crippen LogP contribution in [0.1, 0.15) is 24.0 Å². The lowest BCUT2D eigenvalue weighted by molar-refractivity contribution is 0.182. The maximum absolute atomic E-state index is 6.00. The van der Waals surface area contributed by atoms with Crippen LogP contribution in [0, 0.1) is 0 Å². The summed E-state index contributed by atoms with van der Waals surface area (Å²) in [5.41, 5.74) is 2.25. The summed E-state index contributed by atoms with van der Waals surface area (Å²) in [6.07, 6.45) is 5.99. The number of likely N-dealkylation sites (N-methyl/N-ethyl adjacent to an activating group) is 1. The molecule has 0 amide bonds. The second kappa shape index (κ2) is 11.1. The molecule has 1 aliphatic heterocycles. The molecule has 6 nitrogen and oxygen atoms in total. The van der Waals surface area contributed by atoms with Crippen molar-refractivity contribution in [3.8, 4) is 11.5 Å². The smallest absolute Gasteiger partial charge is 0.161 e. The molecule has 158 valence electrons. The zero-order valence-corrected chi connectivity index (χ0v) is 17.9. The lowest BCUT2D eigenvalue weighted by Crippen LogP contribution is -2.44. The number of methoxy groups -OCH3 is 1. The quantitative estimate of drug-likeness (QED) is 0.664. The number of ether oxygens (including phenoxy) is 2. The van der Waals surface area contributed by atoms with E-state index in [0.717, 1.165) is 36.7 Å². The first-order chi connectivity index (χ1) is 14.1. The third-order valence-corrected chi connectivity index (χ3v) is 5.39. The van der Waals surface area contributed by atoms with Crippen molar-refractivity contribution in [1.82, 2.24) is 20.1 Å². The number of hydrogen-bond acceptors (Lipinski definition) is 6. The van der Waals surface area contributed by atoms with Crippen LogP contribution in [0.15, 0.2) is 42.7 Å². The Balaban J connectivity index is 1.48. The van der Waals surface area contributed by atoms with Crippen molar-refractivity contribution in [1.29, 1.82) is 0 Å². The van der Waals surface area contributed by atoms with Crippen molar-refractivity contribution < 1.29 is 9.47 Å². The van der Waals surface area contributed by atoms with Crippen LogP contribution in [-0.4, -0.2) is 68.2 Å². The van der Waals surface area contributed by atoms with Gasteiger partial charge in [0.05, 0.1) is 7.11 Å². The Bertz CT molecular complexity index is 731. The van der Waals surface area contributed by atoms with Crippen LogP contribution in [0.25, 0.3) is 0 Å². The molecule has 3 rings (SSSR count). The minimum atomic E-state index is 0.479. The van der Waals surface area contributed by atoms with Gasteiger partial charge in [-0.25, -0.2) is 0 Å². The molecule has 0 aliphatic carbocycles. The third kappa shape index (κ3) is 6.99. The second-order valence-corrected chi connectivity index (χ2v) is 7.94. The average molecular weight is 399 g/mol. The standard InChI is InChI=1S/C23H34N4O2/c1-26(2)13-14-27-11-8-21(9-12-27)25-17-19-6-7-22(28-3)23(15-19)29-18-20-5-4-10-24-16-20/h4-7,10,15-16,21,25H,8-9,11-14,17-18H2,1-3H3. The van der Waals surface area contributed by atoms with Crippen LogP contribution in [-0.2, 0) is 13.2 Å². The van der Waals surface area contributed by atoms with E-state index in [0.29, 0.717) is 12.6 Å². The molecule has 0 bridgehead atoms. The fourth-order valence-corrected chi connectivity index (χ4v) is 3.55. The largest absolute Gasteiger partial charge is 0.493 e. The SMILES string of the molecule is COc1ccc(CNC2CCN(CCN(C)C)CC2)cc1OCc1cccnc1. The third-order valence-electron chi connectivity index (χ3n) is 5.39. The molecule has 0 unspecified atom stereocenters. The molecule has 1 aromatic heterocycles. The zero-order valence-electron chi connectivity index (χ0n) is 17.9. The van der Waals surface area contributed by atoms with Gasteiger partial charge in [0.2, 0.25) is 0 Å². The number of benzene rings is 1. The molecule has 29 heavy (non-hydrogen) atoms. The fraction of sp³-hybridized carbons (Fsp3) is 0.522. The number of pyridine rings is 1. The first kappa shape index (κ1) is 21.6. The van der Waals surface area contributed by atoms with E-state index in [2.05, 4.69) is 46.3 Å². The highest BCUT2D eigenvalue weighted by Gasteiger charge is 2.18. The molecule has 0 radical (unpaired) electrons. The summed E-state index contributed by atoms with van der Waals surface area (Å²) in [6, 6.07) is 10.7. The molecule has 1 N–H and O–H groups in total. The minimum absolute atomic E-state index is 0.479. The van der Waals surface area contributed by atoms with E-state index in [-0.39, 0.29) is 0 Å². The van der Waals surface area contributed by atoms with Gasteiger partial charge in [0.25, 0.3) is 0 Å². The maximum atomic E-state index is 6.00. The number of aromatic nitrogens is 1. The number of nitrogens with zero attached hydrogens (tertiary/aromatic N) is 3. The predicted molar refractivity (Wildman–Crippen MR) is 116 cm³/mol. The van der Waals surface area contributed by atoms with Gasteiger partial charge < -0.3 is 24.6 Å². The molecule has 2 aromatic rings. The topological polar surface area (TPSA) is 49.9 Å². The molecule has 1 aromatic carbocycles. The van der Waals surface area contributed by atoms with E-state index in [1.54, 1.807) is 13.3 Å². The second-order valence-electron chi connectivity index (χ2n) is 7.94. The first-order valence-electron chi connectivity index (χ1n) is 10.4. The van der Waals surface area contributed by atoms with Crippen molar-refractivity contribution in [2.24, 2.45) is 0 Å². The molecular weight excluding hydrogens is 364 g/mol. The summed E-state index contributed by atoms with van der Waals surface area (Å²) >= 11 is 0. The number of hydrogen-bond donors (Lipinski definition) is 1. The van der Waals surface area contributed by atoms with Gasteiger partial charge in [0.15, 0.2) is 11.5 Å². The molecule has 2 heterocycles. The van der Waals surface area contributed by atoms with Crippen molar-refractivity contribution in [2.75, 3.05) is 47.4 Å². The molecule has 0 saturated carbocycles. The van der Waals surface area contributed by atoms with Gasteiger partial charge in [-0.05, 0) is 63.8 Å². The lowest BCUT2D eigenvalue weighted by Gasteiger charge is -2.33. The van der Waals surface area contributed by atoms with E-state index in [1.807, 2.05) is 24.4 Å². The van der Waals surface area contributed by atoms with Gasteiger partial charge in [0.1, 0.15) is 6.61 Å². The maximum Gasteiger partial charge on any atom is 0.161 e. The summed E-state index contributed by atoms with van der Waals surface area (Å²) in [6.45, 7) is 5.96.